The SMILES string of the molecule is CCNc1ncc(-c2ccc(Oc3ncc(NC(=O)Nc4ccc(Cl)c(C(F)(F)F)c4)cn3)cc2)s1. The van der Waals surface area contributed by atoms with Gasteiger partial charge in [-0.15, -0.1) is 0 Å². The number of hydrogen-bond acceptors (Lipinski definition) is 7. The molecule has 0 saturated carbocycles. The van der Waals surface area contributed by atoms with Gasteiger partial charge in [-0.2, -0.15) is 13.2 Å². The number of hydrogen-bond donors (Lipinski definition) is 3. The van der Waals surface area contributed by atoms with Crippen LogP contribution in [0.4, 0.5) is 34.5 Å². The smallest absolute Gasteiger partial charge is 0.417 e. The van der Waals surface area contributed by atoms with E-state index in [2.05, 4.69) is 30.9 Å². The Morgan fingerprint density at radius 3 is 2.36 bits per heavy atom. The summed E-state index contributed by atoms with van der Waals surface area (Å²) >= 11 is 7.13. The molecule has 4 rings (SSSR count). The number of thiazole rings is 1. The van der Waals surface area contributed by atoms with Crippen LogP contribution in [-0.2, 0) is 6.18 Å². The quantitative estimate of drug-likeness (QED) is 0.233. The lowest BCUT2D eigenvalue weighted by atomic mass is 10.2. The van der Waals surface area contributed by atoms with Crippen LogP contribution in [0.3, 0.4) is 0 Å². The molecule has 13 heteroatoms. The summed E-state index contributed by atoms with van der Waals surface area (Å²) in [4.78, 5) is 25.6. The number of rotatable bonds is 7. The molecule has 4 aromatic rings. The van der Waals surface area contributed by atoms with Gasteiger partial charge in [-0.25, -0.2) is 19.7 Å². The Morgan fingerprint density at radius 1 is 1.00 bits per heavy atom. The fraction of sp³-hybridized carbons (Fsp3) is 0.130. The number of benzene rings is 2. The number of carbonyl (C=O) groups excluding carboxylic acids is 1. The van der Waals surface area contributed by atoms with E-state index in [1.165, 1.54) is 18.5 Å². The van der Waals surface area contributed by atoms with E-state index in [0.717, 1.165) is 34.2 Å². The minimum absolute atomic E-state index is 0.0495. The van der Waals surface area contributed by atoms with Crippen molar-refractivity contribution in [2.24, 2.45) is 0 Å². The number of halogens is 4. The minimum Gasteiger partial charge on any atom is -0.424 e. The van der Waals surface area contributed by atoms with Crippen molar-refractivity contribution in [3.8, 4) is 22.2 Å². The standard InChI is InChI=1S/C23H18ClF3N6O2S/c1-2-28-22-31-12-19(36-22)13-3-6-16(7-4-13)35-21-29-10-15(11-30-21)33-20(34)32-14-5-8-18(24)17(9-14)23(25,26)27/h3-12H,2H2,1H3,(H,28,31)(H2,32,33,34). The summed E-state index contributed by atoms with van der Waals surface area (Å²) in [6.07, 6.45) is -0.241. The van der Waals surface area contributed by atoms with Crippen molar-refractivity contribution < 1.29 is 22.7 Å². The van der Waals surface area contributed by atoms with Gasteiger partial charge in [0.1, 0.15) is 5.75 Å². The fourth-order valence-electron chi connectivity index (χ4n) is 2.98. The van der Waals surface area contributed by atoms with Gasteiger partial charge in [-0.05, 0) is 55.0 Å². The molecule has 0 aliphatic carbocycles. The third-order valence-electron chi connectivity index (χ3n) is 4.60. The van der Waals surface area contributed by atoms with E-state index in [4.69, 9.17) is 16.3 Å². The number of alkyl halides is 3. The zero-order valence-corrected chi connectivity index (χ0v) is 20.1. The highest BCUT2D eigenvalue weighted by atomic mass is 35.5. The summed E-state index contributed by atoms with van der Waals surface area (Å²) in [5.41, 5.74) is 0.0651. The molecule has 186 valence electrons. The molecule has 0 fully saturated rings. The number of nitrogens with one attached hydrogen (secondary N) is 3. The molecule has 0 spiro atoms. The van der Waals surface area contributed by atoms with Crippen LogP contribution < -0.4 is 20.7 Å². The third-order valence-corrected chi connectivity index (χ3v) is 5.93. The second kappa shape index (κ2) is 10.8. The maximum Gasteiger partial charge on any atom is 0.417 e. The Bertz CT molecular complexity index is 1350. The van der Waals surface area contributed by atoms with Gasteiger partial charge in [-0.1, -0.05) is 22.9 Å². The molecule has 3 N–H and O–H groups in total. The Labute approximate surface area is 212 Å². The number of anilines is 3. The molecular weight excluding hydrogens is 517 g/mol. The lowest BCUT2D eigenvalue weighted by molar-refractivity contribution is -0.137. The van der Waals surface area contributed by atoms with Crippen LogP contribution in [0.15, 0.2) is 61.1 Å². The summed E-state index contributed by atoms with van der Waals surface area (Å²) in [6, 6.07) is 9.65. The Hall–Kier alpha value is -3.90. The summed E-state index contributed by atoms with van der Waals surface area (Å²) in [7, 11) is 0. The molecule has 2 aromatic carbocycles. The number of amides is 2. The molecule has 0 atom stereocenters. The molecule has 0 saturated heterocycles. The molecule has 0 aliphatic rings. The van der Waals surface area contributed by atoms with Gasteiger partial charge < -0.3 is 20.7 Å². The normalized spacial score (nSPS) is 11.1. The molecule has 0 aliphatic heterocycles. The maximum atomic E-state index is 13.0. The Morgan fingerprint density at radius 2 is 1.69 bits per heavy atom. The third kappa shape index (κ3) is 6.40. The largest absolute Gasteiger partial charge is 0.424 e. The lowest BCUT2D eigenvalue weighted by Crippen LogP contribution is -2.20. The molecule has 8 nitrogen and oxygen atoms in total. The average Bonchev–Trinajstić information content (AvgIpc) is 3.30. The van der Waals surface area contributed by atoms with E-state index >= 15 is 0 Å². The van der Waals surface area contributed by atoms with Gasteiger partial charge >= 0.3 is 18.2 Å². The number of ether oxygens (including phenoxy) is 1. The van der Waals surface area contributed by atoms with Crippen molar-refractivity contribution in [2.45, 2.75) is 13.1 Å². The van der Waals surface area contributed by atoms with E-state index in [1.54, 1.807) is 29.7 Å². The van der Waals surface area contributed by atoms with E-state index in [9.17, 15) is 18.0 Å². The highest BCUT2D eigenvalue weighted by molar-refractivity contribution is 7.18. The van der Waals surface area contributed by atoms with E-state index in [-0.39, 0.29) is 17.4 Å². The van der Waals surface area contributed by atoms with Gasteiger partial charge in [0.15, 0.2) is 5.13 Å². The summed E-state index contributed by atoms with van der Waals surface area (Å²) in [6.45, 7) is 2.80. The molecule has 0 unspecified atom stereocenters. The molecular formula is C23H18ClF3N6O2S. The highest BCUT2D eigenvalue weighted by Gasteiger charge is 2.33. The van der Waals surface area contributed by atoms with E-state index in [1.807, 2.05) is 19.1 Å². The molecule has 2 aromatic heterocycles. The topological polar surface area (TPSA) is 101 Å². The first-order chi connectivity index (χ1) is 17.2. The van der Waals surface area contributed by atoms with Crippen LogP contribution in [0.25, 0.3) is 10.4 Å². The van der Waals surface area contributed by atoms with Crippen LogP contribution >= 0.6 is 22.9 Å². The predicted octanol–water partition coefficient (Wildman–Crippen LogP) is 7.14. The van der Waals surface area contributed by atoms with Crippen LogP contribution in [-0.4, -0.2) is 27.5 Å². The van der Waals surface area contributed by atoms with Crippen LogP contribution in [0.2, 0.25) is 5.02 Å². The molecule has 0 bridgehead atoms. The number of urea groups is 1. The number of aromatic nitrogens is 3. The lowest BCUT2D eigenvalue weighted by Gasteiger charge is -2.12. The van der Waals surface area contributed by atoms with Crippen LogP contribution in [0.1, 0.15) is 12.5 Å². The van der Waals surface area contributed by atoms with Crippen molar-refractivity contribution in [3.05, 3.63) is 71.6 Å². The Kier molecular flexibility index (Phi) is 7.55. The summed E-state index contributed by atoms with van der Waals surface area (Å²) < 4.78 is 44.6. The second-order valence-electron chi connectivity index (χ2n) is 7.21. The van der Waals surface area contributed by atoms with Gasteiger partial charge in [-0.3, -0.25) is 0 Å². The molecule has 0 radical (unpaired) electrons. The monoisotopic (exact) mass is 534 g/mol. The molecule has 36 heavy (non-hydrogen) atoms. The zero-order valence-electron chi connectivity index (χ0n) is 18.6. The van der Waals surface area contributed by atoms with Gasteiger partial charge in [0, 0.05) is 18.4 Å². The predicted molar refractivity (Wildman–Crippen MR) is 133 cm³/mol. The first-order valence-corrected chi connectivity index (χ1v) is 11.7. The van der Waals surface area contributed by atoms with Crippen molar-refractivity contribution in [1.82, 2.24) is 15.0 Å². The summed E-state index contributed by atoms with van der Waals surface area (Å²) in [5, 5.41) is 8.30. The number of carbonyl (C=O) groups is 1. The minimum atomic E-state index is -4.65. The van der Waals surface area contributed by atoms with Crippen LogP contribution in [0, 0.1) is 0 Å². The highest BCUT2D eigenvalue weighted by Crippen LogP contribution is 2.36. The Balaban J connectivity index is 1.34. The van der Waals surface area contributed by atoms with Crippen molar-refractivity contribution in [2.75, 3.05) is 22.5 Å². The maximum absolute atomic E-state index is 13.0. The van der Waals surface area contributed by atoms with E-state index < -0.39 is 22.8 Å². The molecule has 2 heterocycles. The fourth-order valence-corrected chi connectivity index (χ4v) is 4.09. The zero-order chi connectivity index (χ0) is 25.7. The van der Waals surface area contributed by atoms with Gasteiger partial charge in [0.05, 0.1) is 33.5 Å². The summed E-state index contributed by atoms with van der Waals surface area (Å²) in [5.74, 6) is 0.511. The van der Waals surface area contributed by atoms with Gasteiger partial charge in [0.25, 0.3) is 0 Å². The number of nitrogens with zero attached hydrogens (tertiary/aromatic N) is 3. The average molecular weight is 535 g/mol. The molecule has 2 amide bonds. The van der Waals surface area contributed by atoms with Crippen molar-refractivity contribution in [1.29, 1.82) is 0 Å². The van der Waals surface area contributed by atoms with Gasteiger partial charge in [0.2, 0.25) is 0 Å². The second-order valence-corrected chi connectivity index (χ2v) is 8.65. The van der Waals surface area contributed by atoms with E-state index in [0.29, 0.717) is 5.75 Å². The van der Waals surface area contributed by atoms with Crippen molar-refractivity contribution >= 4 is 45.5 Å². The first-order valence-electron chi connectivity index (χ1n) is 10.5. The van der Waals surface area contributed by atoms with Crippen LogP contribution in [0.5, 0.6) is 11.8 Å². The first kappa shape index (κ1) is 25.2. The van der Waals surface area contributed by atoms with Crippen molar-refractivity contribution in [3.63, 3.8) is 0 Å².